The van der Waals surface area contributed by atoms with Crippen molar-refractivity contribution in [1.82, 2.24) is 24.5 Å². The predicted octanol–water partition coefficient (Wildman–Crippen LogP) is 3.11. The summed E-state index contributed by atoms with van der Waals surface area (Å²) >= 11 is 2.83. The lowest BCUT2D eigenvalue weighted by atomic mass is 10.2. The van der Waals surface area contributed by atoms with E-state index < -0.39 is 0 Å². The molecule has 0 fully saturated rings. The van der Waals surface area contributed by atoms with Crippen LogP contribution in [0.2, 0.25) is 0 Å². The van der Waals surface area contributed by atoms with Gasteiger partial charge in [-0.25, -0.2) is 4.98 Å². The van der Waals surface area contributed by atoms with E-state index in [1.807, 2.05) is 36.6 Å². The number of aromatic nitrogens is 5. The summed E-state index contributed by atoms with van der Waals surface area (Å²) in [5, 5.41) is 6.27. The van der Waals surface area contributed by atoms with Crippen LogP contribution in [0.25, 0.3) is 10.2 Å². The smallest absolute Gasteiger partial charge is 0.262 e. The third kappa shape index (κ3) is 3.69. The second-order valence-electron chi connectivity index (χ2n) is 6.06. The van der Waals surface area contributed by atoms with E-state index in [9.17, 15) is 4.79 Å². The van der Waals surface area contributed by atoms with E-state index in [-0.39, 0.29) is 11.5 Å². The molecule has 8 nitrogen and oxygen atoms in total. The van der Waals surface area contributed by atoms with Crippen LogP contribution in [0.5, 0.6) is 0 Å². The number of thioether (sulfide) groups is 1. The SMILES string of the molecule is Cc1ccccc1Nc1nc(N)nc(CSc2nc3sccc3c(=O)n2C)n1. The number of fused-ring (bicyclic) bond motifs is 1. The summed E-state index contributed by atoms with van der Waals surface area (Å²) in [4.78, 5) is 30.5. The number of hydrogen-bond acceptors (Lipinski definition) is 9. The van der Waals surface area contributed by atoms with E-state index in [4.69, 9.17) is 5.73 Å². The van der Waals surface area contributed by atoms with Crippen molar-refractivity contribution in [3.8, 4) is 0 Å². The van der Waals surface area contributed by atoms with Gasteiger partial charge in [-0.3, -0.25) is 9.36 Å². The summed E-state index contributed by atoms with van der Waals surface area (Å²) in [6.07, 6.45) is 0. The van der Waals surface area contributed by atoms with Crippen molar-refractivity contribution >= 4 is 50.9 Å². The molecular formula is C18H17N7OS2. The molecular weight excluding hydrogens is 394 g/mol. The zero-order valence-electron chi connectivity index (χ0n) is 15.2. The molecule has 1 aromatic carbocycles. The highest BCUT2D eigenvalue weighted by Crippen LogP contribution is 2.23. The molecule has 0 saturated carbocycles. The third-order valence-electron chi connectivity index (χ3n) is 4.08. The van der Waals surface area contributed by atoms with Crippen LogP contribution in [-0.2, 0) is 12.8 Å². The highest BCUT2D eigenvalue weighted by atomic mass is 32.2. The standard InChI is InChI=1S/C18H17N7OS2/c1-10-5-3-4-6-12(10)20-17-22-13(21-16(19)24-17)9-28-18-23-14-11(7-8-27-14)15(26)25(18)2/h3-8H,9H2,1-2H3,(H3,19,20,21,22,24). The molecule has 0 amide bonds. The quantitative estimate of drug-likeness (QED) is 0.381. The number of para-hydroxylation sites is 1. The van der Waals surface area contributed by atoms with E-state index in [1.165, 1.54) is 27.7 Å². The number of nitrogens with one attached hydrogen (secondary N) is 1. The van der Waals surface area contributed by atoms with Gasteiger partial charge in [-0.1, -0.05) is 30.0 Å². The van der Waals surface area contributed by atoms with Gasteiger partial charge < -0.3 is 11.1 Å². The Morgan fingerprint density at radius 1 is 1.18 bits per heavy atom. The molecule has 3 N–H and O–H groups in total. The first-order chi connectivity index (χ1) is 13.5. The normalized spacial score (nSPS) is 11.1. The molecule has 0 aliphatic carbocycles. The van der Waals surface area contributed by atoms with E-state index in [1.54, 1.807) is 13.1 Å². The molecule has 142 valence electrons. The fourth-order valence-corrected chi connectivity index (χ4v) is 4.26. The summed E-state index contributed by atoms with van der Waals surface area (Å²) in [5.41, 5.74) is 7.76. The Bertz CT molecular complexity index is 1220. The molecule has 0 unspecified atom stereocenters. The number of aryl methyl sites for hydroxylation is 1. The van der Waals surface area contributed by atoms with Crippen molar-refractivity contribution < 1.29 is 0 Å². The lowest BCUT2D eigenvalue weighted by molar-refractivity contribution is 0.727. The number of nitrogens with zero attached hydrogens (tertiary/aromatic N) is 5. The van der Waals surface area contributed by atoms with Crippen LogP contribution in [0.3, 0.4) is 0 Å². The number of nitrogen functional groups attached to an aromatic ring is 1. The second kappa shape index (κ2) is 7.56. The van der Waals surface area contributed by atoms with E-state index in [0.717, 1.165) is 16.1 Å². The Kier molecular flexibility index (Phi) is 4.97. The Hall–Kier alpha value is -2.98. The predicted molar refractivity (Wildman–Crippen MR) is 113 cm³/mol. The number of anilines is 3. The largest absolute Gasteiger partial charge is 0.368 e. The van der Waals surface area contributed by atoms with Crippen molar-refractivity contribution in [2.45, 2.75) is 17.8 Å². The summed E-state index contributed by atoms with van der Waals surface area (Å²) < 4.78 is 1.54. The first kappa shape index (κ1) is 18.4. The van der Waals surface area contributed by atoms with Crippen molar-refractivity contribution in [2.75, 3.05) is 11.1 Å². The zero-order chi connectivity index (χ0) is 19.7. The highest BCUT2D eigenvalue weighted by Gasteiger charge is 2.12. The average Bonchev–Trinajstić information content (AvgIpc) is 3.14. The van der Waals surface area contributed by atoms with Crippen molar-refractivity contribution in [2.24, 2.45) is 7.05 Å². The van der Waals surface area contributed by atoms with Crippen LogP contribution in [0, 0.1) is 6.92 Å². The monoisotopic (exact) mass is 411 g/mol. The maximum atomic E-state index is 12.4. The fraction of sp³-hybridized carbons (Fsp3) is 0.167. The Morgan fingerprint density at radius 2 is 2.00 bits per heavy atom. The maximum Gasteiger partial charge on any atom is 0.262 e. The number of thiophene rings is 1. The van der Waals surface area contributed by atoms with Gasteiger partial charge in [0.2, 0.25) is 11.9 Å². The topological polar surface area (TPSA) is 112 Å². The number of nitrogens with two attached hydrogens (primary N) is 1. The molecule has 10 heteroatoms. The maximum absolute atomic E-state index is 12.4. The number of hydrogen-bond donors (Lipinski definition) is 2. The molecule has 4 rings (SSSR count). The molecule has 0 saturated heterocycles. The molecule has 4 aromatic rings. The molecule has 3 heterocycles. The molecule has 0 aliphatic rings. The van der Waals surface area contributed by atoms with Gasteiger partial charge in [-0.05, 0) is 30.0 Å². The highest BCUT2D eigenvalue weighted by molar-refractivity contribution is 7.98. The first-order valence-corrected chi connectivity index (χ1v) is 10.3. The van der Waals surface area contributed by atoms with Crippen LogP contribution in [0.4, 0.5) is 17.6 Å². The van der Waals surface area contributed by atoms with Crippen LogP contribution in [0.1, 0.15) is 11.4 Å². The van der Waals surface area contributed by atoms with Gasteiger partial charge in [0.05, 0.1) is 11.1 Å². The van der Waals surface area contributed by atoms with Crippen molar-refractivity contribution in [3.63, 3.8) is 0 Å². The van der Waals surface area contributed by atoms with Crippen LogP contribution >= 0.6 is 23.1 Å². The van der Waals surface area contributed by atoms with Gasteiger partial charge >= 0.3 is 0 Å². The zero-order valence-corrected chi connectivity index (χ0v) is 16.8. The molecule has 28 heavy (non-hydrogen) atoms. The second-order valence-corrected chi connectivity index (χ2v) is 7.90. The van der Waals surface area contributed by atoms with Crippen molar-refractivity contribution in [1.29, 1.82) is 0 Å². The average molecular weight is 412 g/mol. The van der Waals surface area contributed by atoms with Gasteiger partial charge in [0, 0.05) is 12.7 Å². The van der Waals surface area contributed by atoms with Gasteiger partial charge in [0.25, 0.3) is 5.56 Å². The number of rotatable bonds is 5. The fourth-order valence-electron chi connectivity index (χ4n) is 2.63. The van der Waals surface area contributed by atoms with Crippen LogP contribution < -0.4 is 16.6 Å². The molecule has 0 atom stereocenters. The Labute approximate surface area is 168 Å². The molecule has 0 bridgehead atoms. The minimum atomic E-state index is -0.0641. The van der Waals surface area contributed by atoms with Gasteiger partial charge in [0.1, 0.15) is 10.7 Å². The molecule has 0 radical (unpaired) electrons. The van der Waals surface area contributed by atoms with E-state index in [0.29, 0.717) is 28.1 Å². The molecule has 0 spiro atoms. The lowest BCUT2D eigenvalue weighted by Gasteiger charge is -2.10. The van der Waals surface area contributed by atoms with Crippen LogP contribution in [0.15, 0.2) is 45.7 Å². The summed E-state index contributed by atoms with van der Waals surface area (Å²) in [6.45, 7) is 2.00. The summed E-state index contributed by atoms with van der Waals surface area (Å²) in [7, 11) is 1.71. The molecule has 3 aromatic heterocycles. The Balaban J connectivity index is 1.57. The van der Waals surface area contributed by atoms with Gasteiger partial charge in [-0.15, -0.1) is 11.3 Å². The summed E-state index contributed by atoms with van der Waals surface area (Å²) in [5.74, 6) is 1.44. The lowest BCUT2D eigenvalue weighted by Crippen LogP contribution is -2.19. The van der Waals surface area contributed by atoms with Crippen molar-refractivity contribution in [3.05, 3.63) is 57.5 Å². The molecule has 0 aliphatic heterocycles. The van der Waals surface area contributed by atoms with E-state index >= 15 is 0 Å². The first-order valence-electron chi connectivity index (χ1n) is 8.41. The number of benzene rings is 1. The Morgan fingerprint density at radius 3 is 2.82 bits per heavy atom. The van der Waals surface area contributed by atoms with Gasteiger partial charge in [-0.2, -0.15) is 15.0 Å². The minimum Gasteiger partial charge on any atom is -0.368 e. The summed E-state index contributed by atoms with van der Waals surface area (Å²) in [6, 6.07) is 9.63. The minimum absolute atomic E-state index is 0.0641. The van der Waals surface area contributed by atoms with Gasteiger partial charge in [0.15, 0.2) is 5.16 Å². The third-order valence-corrected chi connectivity index (χ3v) is 5.92. The van der Waals surface area contributed by atoms with Crippen LogP contribution in [-0.4, -0.2) is 24.5 Å². The van der Waals surface area contributed by atoms with E-state index in [2.05, 4.69) is 25.3 Å².